The van der Waals surface area contributed by atoms with Gasteiger partial charge in [0.2, 0.25) is 0 Å². The maximum atomic E-state index is 10.4. The van der Waals surface area contributed by atoms with Gasteiger partial charge in [-0.2, -0.15) is 0 Å². The molecule has 0 spiro atoms. The number of carbonyl (C=O) groups is 1. The fourth-order valence-corrected chi connectivity index (χ4v) is 1.77. The summed E-state index contributed by atoms with van der Waals surface area (Å²) in [5.41, 5.74) is 0.534. The van der Waals surface area contributed by atoms with E-state index in [4.69, 9.17) is 14.6 Å². The van der Waals surface area contributed by atoms with E-state index in [1.54, 1.807) is 12.1 Å². The molecule has 0 atom stereocenters. The molecule has 0 aliphatic heterocycles. The van der Waals surface area contributed by atoms with Crippen LogP contribution in [-0.2, 0) is 4.74 Å². The standard InChI is InChI=1S/C12H16O2.C8H18O2/c1-10(2)7-8-14-12-5-3-11(9-13)4-6-12;1-4-7-10-8(2,3)5-6-9/h3-6,9-10H,7-8H2,1-2H3;9H,4-7H2,1-3H3. The predicted molar refractivity (Wildman–Crippen MR) is 98.8 cm³/mol. The predicted octanol–water partition coefficient (Wildman–Crippen LogP) is 4.50. The Hall–Kier alpha value is -1.39. The van der Waals surface area contributed by atoms with E-state index in [0.717, 1.165) is 38.1 Å². The molecule has 1 aromatic rings. The molecule has 0 heterocycles. The Morgan fingerprint density at radius 3 is 2.25 bits per heavy atom. The van der Waals surface area contributed by atoms with Crippen molar-refractivity contribution in [2.75, 3.05) is 19.8 Å². The third kappa shape index (κ3) is 12.1. The van der Waals surface area contributed by atoms with Crippen LogP contribution in [0.3, 0.4) is 0 Å². The molecule has 0 aliphatic rings. The van der Waals surface area contributed by atoms with Gasteiger partial charge in [0.25, 0.3) is 0 Å². The molecule has 24 heavy (non-hydrogen) atoms. The van der Waals surface area contributed by atoms with Crippen molar-refractivity contribution < 1.29 is 19.4 Å². The van der Waals surface area contributed by atoms with Crippen molar-refractivity contribution in [2.24, 2.45) is 5.92 Å². The van der Waals surface area contributed by atoms with Gasteiger partial charge in [0, 0.05) is 18.8 Å². The van der Waals surface area contributed by atoms with Gasteiger partial charge in [-0.3, -0.25) is 4.79 Å². The molecule has 1 N–H and O–H groups in total. The third-order valence-corrected chi connectivity index (χ3v) is 3.39. The smallest absolute Gasteiger partial charge is 0.150 e. The minimum Gasteiger partial charge on any atom is -0.494 e. The highest BCUT2D eigenvalue weighted by Crippen LogP contribution is 2.13. The van der Waals surface area contributed by atoms with Gasteiger partial charge in [0.15, 0.2) is 0 Å². The highest BCUT2D eigenvalue weighted by atomic mass is 16.5. The monoisotopic (exact) mass is 338 g/mol. The van der Waals surface area contributed by atoms with Crippen molar-refractivity contribution in [3.05, 3.63) is 29.8 Å². The first-order chi connectivity index (χ1) is 11.3. The second kappa shape index (κ2) is 13.0. The summed E-state index contributed by atoms with van der Waals surface area (Å²) in [5.74, 6) is 1.49. The highest BCUT2D eigenvalue weighted by molar-refractivity contribution is 5.74. The van der Waals surface area contributed by atoms with Crippen LogP contribution < -0.4 is 4.74 Å². The molecule has 4 heteroatoms. The number of aldehydes is 1. The number of hydrogen-bond acceptors (Lipinski definition) is 4. The Bertz CT molecular complexity index is 424. The first-order valence-electron chi connectivity index (χ1n) is 8.77. The number of hydrogen-bond donors (Lipinski definition) is 1. The normalized spacial score (nSPS) is 11.0. The molecule has 0 saturated heterocycles. The van der Waals surface area contributed by atoms with E-state index in [9.17, 15) is 4.79 Å². The van der Waals surface area contributed by atoms with Gasteiger partial charge in [0.1, 0.15) is 12.0 Å². The molecule has 1 rings (SSSR count). The molecule has 1 aromatic carbocycles. The Balaban J connectivity index is 0.000000470. The third-order valence-electron chi connectivity index (χ3n) is 3.39. The summed E-state index contributed by atoms with van der Waals surface area (Å²) in [4.78, 5) is 10.4. The number of aliphatic hydroxyl groups is 1. The van der Waals surface area contributed by atoms with Crippen LogP contribution in [0.25, 0.3) is 0 Å². The van der Waals surface area contributed by atoms with Gasteiger partial charge in [-0.05, 0) is 63.3 Å². The van der Waals surface area contributed by atoms with Crippen molar-refractivity contribution in [2.45, 2.75) is 59.5 Å². The minimum absolute atomic E-state index is 0.148. The van der Waals surface area contributed by atoms with Crippen molar-refractivity contribution >= 4 is 6.29 Å². The largest absolute Gasteiger partial charge is 0.494 e. The van der Waals surface area contributed by atoms with Crippen LogP contribution in [-0.4, -0.2) is 36.8 Å². The van der Waals surface area contributed by atoms with Crippen molar-refractivity contribution in [1.29, 1.82) is 0 Å². The molecule has 0 radical (unpaired) electrons. The molecular formula is C20H34O4. The second-order valence-corrected chi connectivity index (χ2v) is 6.80. The Morgan fingerprint density at radius 1 is 1.17 bits per heavy atom. The quantitative estimate of drug-likeness (QED) is 0.638. The van der Waals surface area contributed by atoms with Crippen molar-refractivity contribution in [3.8, 4) is 5.75 Å². The average Bonchev–Trinajstić information content (AvgIpc) is 2.54. The van der Waals surface area contributed by atoms with Crippen LogP contribution in [0.1, 0.15) is 64.2 Å². The zero-order valence-corrected chi connectivity index (χ0v) is 15.9. The molecule has 0 amide bonds. The maximum Gasteiger partial charge on any atom is 0.150 e. The van der Waals surface area contributed by atoms with E-state index in [1.807, 2.05) is 26.0 Å². The van der Waals surface area contributed by atoms with Crippen LogP contribution in [0.4, 0.5) is 0 Å². The lowest BCUT2D eigenvalue weighted by molar-refractivity contribution is -0.0321. The Labute approximate surface area is 147 Å². The highest BCUT2D eigenvalue weighted by Gasteiger charge is 2.16. The van der Waals surface area contributed by atoms with Gasteiger partial charge in [0.05, 0.1) is 12.2 Å². The summed E-state index contributed by atoms with van der Waals surface area (Å²) in [6, 6.07) is 7.17. The topological polar surface area (TPSA) is 55.8 Å². The number of carbonyl (C=O) groups excluding carboxylic acids is 1. The van der Waals surface area contributed by atoms with Gasteiger partial charge in [-0.25, -0.2) is 0 Å². The first kappa shape index (κ1) is 22.6. The summed E-state index contributed by atoms with van der Waals surface area (Å²) in [6.45, 7) is 12.1. The fraction of sp³-hybridized carbons (Fsp3) is 0.650. The molecule has 0 saturated carbocycles. The first-order valence-corrected chi connectivity index (χ1v) is 8.77. The zero-order valence-electron chi connectivity index (χ0n) is 15.9. The minimum atomic E-state index is -0.148. The molecule has 138 valence electrons. The molecule has 0 aliphatic carbocycles. The van der Waals surface area contributed by atoms with Gasteiger partial charge in [-0.15, -0.1) is 0 Å². The van der Waals surface area contributed by atoms with Crippen LogP contribution in [0, 0.1) is 5.92 Å². The number of benzene rings is 1. The maximum absolute atomic E-state index is 10.4. The lowest BCUT2D eigenvalue weighted by Gasteiger charge is -2.23. The van der Waals surface area contributed by atoms with Crippen LogP contribution in [0.2, 0.25) is 0 Å². The zero-order chi connectivity index (χ0) is 18.4. The van der Waals surface area contributed by atoms with E-state index >= 15 is 0 Å². The Morgan fingerprint density at radius 2 is 1.79 bits per heavy atom. The van der Waals surface area contributed by atoms with E-state index in [1.165, 1.54) is 0 Å². The van der Waals surface area contributed by atoms with Crippen molar-refractivity contribution in [3.63, 3.8) is 0 Å². The second-order valence-electron chi connectivity index (χ2n) is 6.80. The summed E-state index contributed by atoms with van der Waals surface area (Å²) >= 11 is 0. The molecule has 0 fully saturated rings. The molecule has 0 aromatic heterocycles. The van der Waals surface area contributed by atoms with E-state index in [2.05, 4.69) is 20.8 Å². The summed E-state index contributed by atoms with van der Waals surface area (Å²) in [6.07, 6.45) is 3.63. The fourth-order valence-electron chi connectivity index (χ4n) is 1.77. The molecule has 0 unspecified atom stereocenters. The lowest BCUT2D eigenvalue weighted by atomic mass is 10.1. The van der Waals surface area contributed by atoms with E-state index in [-0.39, 0.29) is 12.2 Å². The van der Waals surface area contributed by atoms with Gasteiger partial charge < -0.3 is 14.6 Å². The van der Waals surface area contributed by atoms with Crippen LogP contribution in [0.15, 0.2) is 24.3 Å². The average molecular weight is 338 g/mol. The van der Waals surface area contributed by atoms with Crippen molar-refractivity contribution in [1.82, 2.24) is 0 Å². The summed E-state index contributed by atoms with van der Waals surface area (Å²) in [7, 11) is 0. The lowest BCUT2D eigenvalue weighted by Crippen LogP contribution is -2.26. The van der Waals surface area contributed by atoms with E-state index < -0.39 is 0 Å². The number of ether oxygens (including phenoxy) is 2. The molecule has 0 bridgehead atoms. The van der Waals surface area contributed by atoms with E-state index in [0.29, 0.717) is 17.9 Å². The van der Waals surface area contributed by atoms with Gasteiger partial charge in [-0.1, -0.05) is 20.8 Å². The summed E-state index contributed by atoms with van der Waals surface area (Å²) in [5, 5.41) is 8.62. The number of aliphatic hydroxyl groups excluding tert-OH is 1. The van der Waals surface area contributed by atoms with Gasteiger partial charge >= 0.3 is 0 Å². The Kier molecular flexibility index (Phi) is 12.2. The number of rotatable bonds is 10. The molecular weight excluding hydrogens is 304 g/mol. The van der Waals surface area contributed by atoms with Crippen LogP contribution >= 0.6 is 0 Å². The SMILES string of the molecule is CC(C)CCOc1ccc(C=O)cc1.CCCOC(C)(C)CCO. The summed E-state index contributed by atoms with van der Waals surface area (Å²) < 4.78 is 11.0. The molecule has 4 nitrogen and oxygen atoms in total. The van der Waals surface area contributed by atoms with Crippen LogP contribution in [0.5, 0.6) is 5.75 Å².